The molecule has 4 nitrogen and oxygen atoms in total. The standard InChI is InChI=1S/C9H14ClN3OS/c1-7(5-10)3-2-4-11-9(14)8-6-15-13-12-8/h6-7H,2-5H2,1H3,(H,11,14). The van der Waals surface area contributed by atoms with Crippen molar-refractivity contribution in [2.75, 3.05) is 12.4 Å². The van der Waals surface area contributed by atoms with Crippen molar-refractivity contribution in [3.8, 4) is 0 Å². The van der Waals surface area contributed by atoms with Gasteiger partial charge in [-0.3, -0.25) is 4.79 Å². The third-order valence-corrected chi connectivity index (χ3v) is 3.05. The molecule has 1 rings (SSSR count). The largest absolute Gasteiger partial charge is 0.351 e. The maximum Gasteiger partial charge on any atom is 0.272 e. The van der Waals surface area contributed by atoms with E-state index in [1.54, 1.807) is 5.38 Å². The molecule has 0 bridgehead atoms. The second-order valence-corrected chi connectivity index (χ2v) is 4.37. The predicted molar refractivity (Wildman–Crippen MR) is 61.4 cm³/mol. The van der Waals surface area contributed by atoms with Crippen LogP contribution in [0, 0.1) is 5.92 Å². The van der Waals surface area contributed by atoms with Crippen molar-refractivity contribution in [3.63, 3.8) is 0 Å². The molecule has 1 aromatic heterocycles. The van der Waals surface area contributed by atoms with Gasteiger partial charge in [0, 0.05) is 17.8 Å². The van der Waals surface area contributed by atoms with Crippen molar-refractivity contribution in [3.05, 3.63) is 11.1 Å². The average Bonchev–Trinajstić information content (AvgIpc) is 2.77. The van der Waals surface area contributed by atoms with Crippen LogP contribution in [-0.2, 0) is 0 Å². The fourth-order valence-electron chi connectivity index (χ4n) is 1.08. The van der Waals surface area contributed by atoms with Gasteiger partial charge in [0.15, 0.2) is 5.69 Å². The summed E-state index contributed by atoms with van der Waals surface area (Å²) in [6.45, 7) is 2.76. The minimum absolute atomic E-state index is 0.151. The lowest BCUT2D eigenvalue weighted by atomic mass is 10.1. The third-order valence-electron chi connectivity index (χ3n) is 2.02. The summed E-state index contributed by atoms with van der Waals surface area (Å²) in [6, 6.07) is 0. The van der Waals surface area contributed by atoms with Gasteiger partial charge in [-0.2, -0.15) is 0 Å². The fraction of sp³-hybridized carbons (Fsp3) is 0.667. The van der Waals surface area contributed by atoms with Gasteiger partial charge in [0.05, 0.1) is 0 Å². The summed E-state index contributed by atoms with van der Waals surface area (Å²) in [4.78, 5) is 11.4. The van der Waals surface area contributed by atoms with Gasteiger partial charge in [0.1, 0.15) is 0 Å². The molecule has 0 aliphatic heterocycles. The summed E-state index contributed by atoms with van der Waals surface area (Å²) in [6.07, 6.45) is 1.97. The quantitative estimate of drug-likeness (QED) is 0.617. The Bertz CT molecular complexity index is 292. The molecule has 0 spiro atoms. The highest BCUT2D eigenvalue weighted by molar-refractivity contribution is 7.03. The number of aromatic nitrogens is 2. The number of carbonyl (C=O) groups is 1. The number of hydrogen-bond donors (Lipinski definition) is 1. The van der Waals surface area contributed by atoms with Crippen molar-refractivity contribution in [2.45, 2.75) is 19.8 Å². The van der Waals surface area contributed by atoms with Crippen LogP contribution < -0.4 is 5.32 Å². The minimum atomic E-state index is -0.151. The SMILES string of the molecule is CC(CCl)CCCNC(=O)c1csnn1. The van der Waals surface area contributed by atoms with Crippen LogP contribution in [0.2, 0.25) is 0 Å². The zero-order chi connectivity index (χ0) is 11.1. The van der Waals surface area contributed by atoms with E-state index in [2.05, 4.69) is 21.8 Å². The van der Waals surface area contributed by atoms with E-state index in [9.17, 15) is 4.79 Å². The number of hydrogen-bond acceptors (Lipinski definition) is 4. The zero-order valence-electron chi connectivity index (χ0n) is 8.57. The van der Waals surface area contributed by atoms with Gasteiger partial charge in [0.2, 0.25) is 0 Å². The molecule has 1 unspecified atom stereocenters. The first-order valence-corrected chi connectivity index (χ1v) is 6.22. The number of amides is 1. The molecule has 0 aliphatic rings. The minimum Gasteiger partial charge on any atom is -0.351 e. The number of nitrogens with one attached hydrogen (secondary N) is 1. The first-order valence-electron chi connectivity index (χ1n) is 4.85. The molecule has 0 aliphatic carbocycles. The fourth-order valence-corrected chi connectivity index (χ4v) is 1.67. The Hall–Kier alpha value is -0.680. The zero-order valence-corrected chi connectivity index (χ0v) is 10.1. The molecule has 15 heavy (non-hydrogen) atoms. The van der Waals surface area contributed by atoms with Gasteiger partial charge in [-0.25, -0.2) is 0 Å². The molecule has 1 atom stereocenters. The Morgan fingerprint density at radius 2 is 2.53 bits per heavy atom. The summed E-state index contributed by atoms with van der Waals surface area (Å²) < 4.78 is 3.63. The summed E-state index contributed by atoms with van der Waals surface area (Å²) >= 11 is 6.85. The lowest BCUT2D eigenvalue weighted by molar-refractivity contribution is 0.0947. The van der Waals surface area contributed by atoms with Gasteiger partial charge in [-0.05, 0) is 30.3 Å². The van der Waals surface area contributed by atoms with Crippen LogP contribution in [0.5, 0.6) is 0 Å². The van der Waals surface area contributed by atoms with Crippen LogP contribution in [0.1, 0.15) is 30.3 Å². The van der Waals surface area contributed by atoms with E-state index in [0.717, 1.165) is 12.8 Å². The lowest BCUT2D eigenvalue weighted by Crippen LogP contribution is -2.25. The van der Waals surface area contributed by atoms with E-state index < -0.39 is 0 Å². The van der Waals surface area contributed by atoms with Gasteiger partial charge < -0.3 is 5.32 Å². The summed E-state index contributed by atoms with van der Waals surface area (Å²) in [5, 5.41) is 8.10. The van der Waals surface area contributed by atoms with Crippen LogP contribution in [-0.4, -0.2) is 27.9 Å². The molecule has 1 aromatic rings. The van der Waals surface area contributed by atoms with Crippen molar-refractivity contribution in [2.24, 2.45) is 5.92 Å². The number of nitrogens with zero attached hydrogens (tertiary/aromatic N) is 2. The van der Waals surface area contributed by atoms with E-state index in [-0.39, 0.29) is 5.91 Å². The van der Waals surface area contributed by atoms with Crippen LogP contribution in [0.15, 0.2) is 5.38 Å². The lowest BCUT2D eigenvalue weighted by Gasteiger charge is -2.06. The predicted octanol–water partition coefficient (Wildman–Crippen LogP) is 1.92. The first kappa shape index (κ1) is 12.4. The number of halogens is 1. The number of alkyl halides is 1. The Morgan fingerprint density at radius 1 is 1.73 bits per heavy atom. The van der Waals surface area contributed by atoms with E-state index in [0.29, 0.717) is 24.0 Å². The molecule has 1 heterocycles. The van der Waals surface area contributed by atoms with Gasteiger partial charge >= 0.3 is 0 Å². The van der Waals surface area contributed by atoms with Crippen molar-refractivity contribution >= 4 is 29.0 Å². The van der Waals surface area contributed by atoms with Gasteiger partial charge in [-0.15, -0.1) is 16.7 Å². The molecule has 0 saturated carbocycles. The molecular weight excluding hydrogens is 234 g/mol. The van der Waals surface area contributed by atoms with Crippen LogP contribution in [0.4, 0.5) is 0 Å². The van der Waals surface area contributed by atoms with Crippen molar-refractivity contribution in [1.29, 1.82) is 0 Å². The molecule has 0 saturated heterocycles. The Morgan fingerprint density at radius 3 is 3.13 bits per heavy atom. The number of carbonyl (C=O) groups excluding carboxylic acids is 1. The molecule has 0 aromatic carbocycles. The average molecular weight is 248 g/mol. The third kappa shape index (κ3) is 4.57. The topological polar surface area (TPSA) is 54.9 Å². The van der Waals surface area contributed by atoms with Crippen molar-refractivity contribution < 1.29 is 4.79 Å². The summed E-state index contributed by atoms with van der Waals surface area (Å²) in [5.74, 6) is 1.02. The maximum absolute atomic E-state index is 11.4. The molecule has 0 radical (unpaired) electrons. The van der Waals surface area contributed by atoms with E-state index >= 15 is 0 Å². The maximum atomic E-state index is 11.4. The molecule has 6 heteroatoms. The molecular formula is C9H14ClN3OS. The van der Waals surface area contributed by atoms with Gasteiger partial charge in [-0.1, -0.05) is 11.4 Å². The Balaban J connectivity index is 2.13. The van der Waals surface area contributed by atoms with E-state index in [1.807, 2.05) is 0 Å². The molecule has 1 N–H and O–H groups in total. The molecule has 0 fully saturated rings. The molecule has 1 amide bonds. The van der Waals surface area contributed by atoms with Crippen LogP contribution in [0.3, 0.4) is 0 Å². The van der Waals surface area contributed by atoms with Crippen LogP contribution in [0.25, 0.3) is 0 Å². The Labute approximate surface area is 98.2 Å². The summed E-state index contributed by atoms with van der Waals surface area (Å²) in [5.41, 5.74) is 0.394. The second kappa shape index (κ2) is 6.74. The monoisotopic (exact) mass is 247 g/mol. The normalized spacial score (nSPS) is 12.4. The van der Waals surface area contributed by atoms with Crippen LogP contribution >= 0.6 is 23.1 Å². The van der Waals surface area contributed by atoms with Gasteiger partial charge in [0.25, 0.3) is 5.91 Å². The highest BCUT2D eigenvalue weighted by Crippen LogP contribution is 2.06. The second-order valence-electron chi connectivity index (χ2n) is 3.45. The van der Waals surface area contributed by atoms with Crippen molar-refractivity contribution in [1.82, 2.24) is 14.9 Å². The van der Waals surface area contributed by atoms with E-state index in [1.165, 1.54) is 11.5 Å². The highest BCUT2D eigenvalue weighted by atomic mass is 35.5. The summed E-state index contributed by atoms with van der Waals surface area (Å²) in [7, 11) is 0. The Kier molecular flexibility index (Phi) is 5.57. The first-order chi connectivity index (χ1) is 7.24. The smallest absolute Gasteiger partial charge is 0.272 e. The van der Waals surface area contributed by atoms with E-state index in [4.69, 9.17) is 11.6 Å². The molecule has 84 valence electrons. The highest BCUT2D eigenvalue weighted by Gasteiger charge is 2.07. The number of rotatable bonds is 6.